The lowest BCUT2D eigenvalue weighted by atomic mass is 9.94. The van der Waals surface area contributed by atoms with Crippen molar-refractivity contribution in [1.82, 2.24) is 15.4 Å². The molecule has 6 nitrogen and oxygen atoms in total. The molecule has 1 aromatic rings. The minimum absolute atomic E-state index is 0.113. The van der Waals surface area contributed by atoms with Crippen molar-refractivity contribution in [2.75, 3.05) is 20.2 Å². The molecule has 0 unspecified atom stereocenters. The third kappa shape index (κ3) is 5.68. The zero-order chi connectivity index (χ0) is 17.5. The molecular weight excluding hydrogens is 318 g/mol. The van der Waals surface area contributed by atoms with Gasteiger partial charge in [0.1, 0.15) is 6.10 Å². The predicted octanol–water partition coefficient (Wildman–Crippen LogP) is 2.68. The van der Waals surface area contributed by atoms with E-state index in [2.05, 4.69) is 10.3 Å². The monoisotopic (exact) mass is 347 g/mol. The average Bonchev–Trinajstić information content (AvgIpc) is 3.15. The van der Waals surface area contributed by atoms with Gasteiger partial charge in [0.15, 0.2) is 0 Å². The zero-order valence-electron chi connectivity index (χ0n) is 15.1. The molecule has 2 fully saturated rings. The van der Waals surface area contributed by atoms with Crippen LogP contribution in [-0.2, 0) is 16.2 Å². The van der Waals surface area contributed by atoms with Crippen LogP contribution in [-0.4, -0.2) is 42.3 Å². The van der Waals surface area contributed by atoms with Gasteiger partial charge < -0.3 is 14.9 Å². The average molecular weight is 347 g/mol. The van der Waals surface area contributed by atoms with E-state index in [9.17, 15) is 4.79 Å². The minimum Gasteiger partial charge on any atom is -0.474 e. The Kier molecular flexibility index (Phi) is 6.64. The van der Waals surface area contributed by atoms with Crippen molar-refractivity contribution < 1.29 is 14.4 Å². The molecule has 0 radical (unpaired) electrons. The summed E-state index contributed by atoms with van der Waals surface area (Å²) in [5.41, 5.74) is 1.00. The second kappa shape index (κ2) is 9.15. The molecule has 1 aromatic heterocycles. The van der Waals surface area contributed by atoms with E-state index in [1.807, 2.05) is 17.2 Å². The van der Waals surface area contributed by atoms with E-state index in [0.717, 1.165) is 44.3 Å². The van der Waals surface area contributed by atoms with Crippen LogP contribution >= 0.6 is 0 Å². The molecule has 6 heteroatoms. The van der Waals surface area contributed by atoms with Crippen LogP contribution in [0.5, 0.6) is 5.88 Å². The summed E-state index contributed by atoms with van der Waals surface area (Å²) in [5.74, 6) is 1.25. The number of nitrogens with one attached hydrogen (secondary N) is 1. The van der Waals surface area contributed by atoms with E-state index in [1.54, 1.807) is 13.3 Å². The smallest absolute Gasteiger partial charge is 0.220 e. The van der Waals surface area contributed by atoms with E-state index < -0.39 is 0 Å². The van der Waals surface area contributed by atoms with Gasteiger partial charge in [-0.25, -0.2) is 4.98 Å². The second-order valence-electron chi connectivity index (χ2n) is 7.06. The topological polar surface area (TPSA) is 63.7 Å². The molecule has 2 heterocycles. The molecule has 138 valence electrons. The van der Waals surface area contributed by atoms with Crippen molar-refractivity contribution in [1.29, 1.82) is 0 Å². The maximum Gasteiger partial charge on any atom is 0.220 e. The van der Waals surface area contributed by atoms with Crippen molar-refractivity contribution in [3.8, 4) is 5.88 Å². The van der Waals surface area contributed by atoms with Crippen molar-refractivity contribution >= 4 is 5.91 Å². The number of carbonyl (C=O) groups is 1. The molecule has 0 atom stereocenters. The van der Waals surface area contributed by atoms with Crippen LogP contribution in [0.3, 0.4) is 0 Å². The number of hydrogen-bond acceptors (Lipinski definition) is 5. The Labute approximate surface area is 149 Å². The van der Waals surface area contributed by atoms with Crippen molar-refractivity contribution in [2.24, 2.45) is 5.92 Å². The molecule has 1 saturated heterocycles. The number of amides is 1. The van der Waals surface area contributed by atoms with Gasteiger partial charge in [0, 0.05) is 38.3 Å². The molecule has 1 N–H and O–H groups in total. The maximum absolute atomic E-state index is 12.1. The molecule has 3 rings (SSSR count). The Bertz CT molecular complexity index is 535. The number of pyridine rings is 1. The Hall–Kier alpha value is -1.66. The van der Waals surface area contributed by atoms with Gasteiger partial charge in [-0.2, -0.15) is 5.06 Å². The number of ether oxygens (including phenoxy) is 1. The SMILES string of the molecule is CON1CCC(CC(=O)NCc2ccc(OC3CCCC3)nc2)CC1. The largest absolute Gasteiger partial charge is 0.474 e. The lowest BCUT2D eigenvalue weighted by Crippen LogP contribution is -2.35. The lowest BCUT2D eigenvalue weighted by molar-refractivity contribution is -0.149. The molecule has 0 spiro atoms. The summed E-state index contributed by atoms with van der Waals surface area (Å²) in [6.07, 6.45) is 9.48. The highest BCUT2D eigenvalue weighted by Gasteiger charge is 2.21. The number of rotatable bonds is 7. The first kappa shape index (κ1) is 18.1. The highest BCUT2D eigenvalue weighted by molar-refractivity contribution is 5.76. The third-order valence-electron chi connectivity index (χ3n) is 5.18. The highest BCUT2D eigenvalue weighted by atomic mass is 16.7. The fourth-order valence-corrected chi connectivity index (χ4v) is 3.59. The van der Waals surface area contributed by atoms with Gasteiger partial charge >= 0.3 is 0 Å². The molecular formula is C19H29N3O3. The maximum atomic E-state index is 12.1. The van der Waals surface area contributed by atoms with Gasteiger partial charge in [-0.05, 0) is 50.0 Å². The first-order chi connectivity index (χ1) is 12.2. The number of hydroxylamine groups is 2. The van der Waals surface area contributed by atoms with Crippen LogP contribution in [0.2, 0.25) is 0 Å². The predicted molar refractivity (Wildman–Crippen MR) is 94.9 cm³/mol. The fourth-order valence-electron chi connectivity index (χ4n) is 3.59. The van der Waals surface area contributed by atoms with Gasteiger partial charge in [0.25, 0.3) is 0 Å². The first-order valence-corrected chi connectivity index (χ1v) is 9.40. The summed E-state index contributed by atoms with van der Waals surface area (Å²) in [5, 5.41) is 4.95. The van der Waals surface area contributed by atoms with Crippen LogP contribution in [0, 0.1) is 5.92 Å². The Balaban J connectivity index is 1.37. The molecule has 1 aliphatic carbocycles. The van der Waals surface area contributed by atoms with E-state index in [0.29, 0.717) is 30.9 Å². The molecule has 0 aromatic carbocycles. The van der Waals surface area contributed by atoms with E-state index >= 15 is 0 Å². The fraction of sp³-hybridized carbons (Fsp3) is 0.684. The molecule has 0 bridgehead atoms. The standard InChI is InChI=1S/C19H29N3O3/c1-24-22-10-8-15(9-11-22)12-18(23)20-13-16-6-7-19(21-14-16)25-17-4-2-3-5-17/h6-7,14-15,17H,2-5,8-13H2,1H3,(H,20,23). The summed E-state index contributed by atoms with van der Waals surface area (Å²) >= 11 is 0. The van der Waals surface area contributed by atoms with Crippen LogP contribution < -0.4 is 10.1 Å². The summed E-state index contributed by atoms with van der Waals surface area (Å²) in [7, 11) is 1.70. The molecule has 1 saturated carbocycles. The molecule has 1 aliphatic heterocycles. The van der Waals surface area contributed by atoms with Gasteiger partial charge in [0.2, 0.25) is 11.8 Å². The van der Waals surface area contributed by atoms with E-state index in [-0.39, 0.29) is 5.91 Å². The molecule has 2 aliphatic rings. The van der Waals surface area contributed by atoms with Gasteiger partial charge in [-0.3, -0.25) is 4.79 Å². The summed E-state index contributed by atoms with van der Waals surface area (Å²) in [6, 6.07) is 3.88. The van der Waals surface area contributed by atoms with Crippen LogP contribution in [0.25, 0.3) is 0 Å². The van der Waals surface area contributed by atoms with Crippen LogP contribution in [0.1, 0.15) is 50.5 Å². The summed E-state index contributed by atoms with van der Waals surface area (Å²) in [4.78, 5) is 21.7. The van der Waals surface area contributed by atoms with Gasteiger partial charge in [0.05, 0.1) is 7.11 Å². The zero-order valence-corrected chi connectivity index (χ0v) is 15.1. The quantitative estimate of drug-likeness (QED) is 0.821. The number of hydrogen-bond donors (Lipinski definition) is 1. The number of piperidine rings is 1. The van der Waals surface area contributed by atoms with Crippen LogP contribution in [0.4, 0.5) is 0 Å². The first-order valence-electron chi connectivity index (χ1n) is 9.40. The third-order valence-corrected chi connectivity index (χ3v) is 5.18. The summed E-state index contributed by atoms with van der Waals surface area (Å²) < 4.78 is 5.86. The van der Waals surface area contributed by atoms with Crippen molar-refractivity contribution in [3.63, 3.8) is 0 Å². The summed E-state index contributed by atoms with van der Waals surface area (Å²) in [6.45, 7) is 2.33. The lowest BCUT2D eigenvalue weighted by Gasteiger charge is -2.29. The normalized spacial score (nSPS) is 19.9. The number of nitrogens with zero attached hydrogens (tertiary/aromatic N) is 2. The Morgan fingerprint density at radius 1 is 1.24 bits per heavy atom. The molecule has 25 heavy (non-hydrogen) atoms. The van der Waals surface area contributed by atoms with Gasteiger partial charge in [-0.15, -0.1) is 0 Å². The number of aromatic nitrogens is 1. The van der Waals surface area contributed by atoms with E-state index in [1.165, 1.54) is 12.8 Å². The van der Waals surface area contributed by atoms with Crippen molar-refractivity contribution in [3.05, 3.63) is 23.9 Å². The highest BCUT2D eigenvalue weighted by Crippen LogP contribution is 2.23. The second-order valence-corrected chi connectivity index (χ2v) is 7.06. The minimum atomic E-state index is 0.113. The van der Waals surface area contributed by atoms with Gasteiger partial charge in [-0.1, -0.05) is 6.07 Å². The Morgan fingerprint density at radius 3 is 2.64 bits per heavy atom. The van der Waals surface area contributed by atoms with E-state index in [4.69, 9.17) is 9.57 Å². The number of carbonyl (C=O) groups excluding carboxylic acids is 1. The van der Waals surface area contributed by atoms with Crippen molar-refractivity contribution in [2.45, 2.75) is 57.6 Å². The Morgan fingerprint density at radius 2 is 2.00 bits per heavy atom. The molecule has 1 amide bonds. The van der Waals surface area contributed by atoms with Crippen LogP contribution in [0.15, 0.2) is 18.3 Å².